The number of rotatable bonds is 2. The molecular formula is C12H16O2S. The van der Waals surface area contributed by atoms with E-state index in [-0.39, 0.29) is 5.97 Å². The van der Waals surface area contributed by atoms with Gasteiger partial charge in [-0.15, -0.1) is 11.8 Å². The third-order valence-electron chi connectivity index (χ3n) is 1.73. The summed E-state index contributed by atoms with van der Waals surface area (Å²) in [5.74, 6) is -0.257. The lowest BCUT2D eigenvalue weighted by Crippen LogP contribution is -2.24. The molecule has 1 aromatic carbocycles. The molecule has 0 aliphatic heterocycles. The molecule has 0 N–H and O–H groups in total. The Kier molecular flexibility index (Phi) is 3.80. The van der Waals surface area contributed by atoms with Crippen LogP contribution in [-0.2, 0) is 4.74 Å². The van der Waals surface area contributed by atoms with E-state index in [2.05, 4.69) is 0 Å². The maximum absolute atomic E-state index is 11.8. The van der Waals surface area contributed by atoms with Gasteiger partial charge >= 0.3 is 5.97 Å². The molecule has 0 aromatic heterocycles. The summed E-state index contributed by atoms with van der Waals surface area (Å²) < 4.78 is 5.31. The molecule has 0 fully saturated rings. The number of carbonyl (C=O) groups excluding carboxylic acids is 1. The number of hydrogen-bond donors (Lipinski definition) is 0. The number of carbonyl (C=O) groups is 1. The van der Waals surface area contributed by atoms with Crippen LogP contribution in [0.1, 0.15) is 31.1 Å². The summed E-state index contributed by atoms with van der Waals surface area (Å²) in [7, 11) is 0. The van der Waals surface area contributed by atoms with Crippen molar-refractivity contribution in [2.75, 3.05) is 6.26 Å². The number of thioether (sulfide) groups is 1. The quantitative estimate of drug-likeness (QED) is 0.569. The van der Waals surface area contributed by atoms with Crippen LogP contribution in [0.15, 0.2) is 29.2 Å². The molecule has 0 saturated carbocycles. The summed E-state index contributed by atoms with van der Waals surface area (Å²) in [4.78, 5) is 12.8. The van der Waals surface area contributed by atoms with E-state index in [0.717, 1.165) is 4.90 Å². The Morgan fingerprint density at radius 3 is 2.40 bits per heavy atom. The minimum Gasteiger partial charge on any atom is -0.456 e. The predicted molar refractivity (Wildman–Crippen MR) is 63.4 cm³/mol. The summed E-state index contributed by atoms with van der Waals surface area (Å²) in [6, 6.07) is 7.47. The molecule has 0 radical (unpaired) electrons. The Morgan fingerprint density at radius 2 is 1.87 bits per heavy atom. The van der Waals surface area contributed by atoms with E-state index in [1.54, 1.807) is 17.8 Å². The molecule has 0 spiro atoms. The van der Waals surface area contributed by atoms with Crippen molar-refractivity contribution in [2.24, 2.45) is 0 Å². The van der Waals surface area contributed by atoms with Gasteiger partial charge in [-0.05, 0) is 39.2 Å². The lowest BCUT2D eigenvalue weighted by atomic mass is 10.1. The van der Waals surface area contributed by atoms with E-state index < -0.39 is 5.60 Å². The average molecular weight is 224 g/mol. The van der Waals surface area contributed by atoms with Gasteiger partial charge in [-0.3, -0.25) is 0 Å². The molecule has 3 heteroatoms. The second-order valence-electron chi connectivity index (χ2n) is 4.20. The van der Waals surface area contributed by atoms with Crippen molar-refractivity contribution in [3.63, 3.8) is 0 Å². The van der Waals surface area contributed by atoms with Crippen LogP contribution >= 0.6 is 11.8 Å². The Hall–Kier alpha value is -0.960. The zero-order chi connectivity index (χ0) is 11.5. The van der Waals surface area contributed by atoms with Crippen LogP contribution in [-0.4, -0.2) is 17.8 Å². The van der Waals surface area contributed by atoms with Gasteiger partial charge in [-0.1, -0.05) is 12.1 Å². The van der Waals surface area contributed by atoms with Gasteiger partial charge in [0.2, 0.25) is 0 Å². The molecule has 0 aliphatic carbocycles. The Balaban J connectivity index is 2.91. The highest BCUT2D eigenvalue weighted by Gasteiger charge is 2.19. The molecule has 1 aromatic rings. The van der Waals surface area contributed by atoms with E-state index in [9.17, 15) is 4.79 Å². The maximum atomic E-state index is 11.8. The number of esters is 1. The van der Waals surface area contributed by atoms with Crippen LogP contribution in [0.5, 0.6) is 0 Å². The first-order chi connectivity index (χ1) is 6.94. The highest BCUT2D eigenvalue weighted by Crippen LogP contribution is 2.22. The van der Waals surface area contributed by atoms with Gasteiger partial charge in [-0.2, -0.15) is 0 Å². The molecule has 15 heavy (non-hydrogen) atoms. The SMILES string of the molecule is CSc1ccccc1C(=O)OC(C)(C)C. The molecule has 82 valence electrons. The zero-order valence-corrected chi connectivity index (χ0v) is 10.4. The molecule has 0 unspecified atom stereocenters. The van der Waals surface area contributed by atoms with Crippen molar-refractivity contribution >= 4 is 17.7 Å². The Bertz CT molecular complexity index is 353. The second kappa shape index (κ2) is 4.71. The van der Waals surface area contributed by atoms with Crippen molar-refractivity contribution in [1.82, 2.24) is 0 Å². The zero-order valence-electron chi connectivity index (χ0n) is 9.53. The first-order valence-corrected chi connectivity index (χ1v) is 6.03. The molecular weight excluding hydrogens is 208 g/mol. The molecule has 1 rings (SSSR count). The minimum absolute atomic E-state index is 0.257. The van der Waals surface area contributed by atoms with Crippen LogP contribution in [0.4, 0.5) is 0 Å². The van der Waals surface area contributed by atoms with Gasteiger partial charge in [0.25, 0.3) is 0 Å². The van der Waals surface area contributed by atoms with E-state index in [1.807, 2.05) is 45.2 Å². The fraction of sp³-hybridized carbons (Fsp3) is 0.417. The molecule has 0 saturated heterocycles. The summed E-state index contributed by atoms with van der Waals surface area (Å²) in [5.41, 5.74) is 0.197. The first-order valence-electron chi connectivity index (χ1n) is 4.80. The molecule has 0 atom stereocenters. The van der Waals surface area contributed by atoms with Gasteiger partial charge < -0.3 is 4.74 Å². The largest absolute Gasteiger partial charge is 0.456 e. The maximum Gasteiger partial charge on any atom is 0.339 e. The highest BCUT2D eigenvalue weighted by molar-refractivity contribution is 7.98. The molecule has 0 aliphatic rings. The van der Waals surface area contributed by atoms with E-state index in [0.29, 0.717) is 5.56 Å². The second-order valence-corrected chi connectivity index (χ2v) is 5.05. The number of ether oxygens (including phenoxy) is 1. The molecule has 0 amide bonds. The van der Waals surface area contributed by atoms with Crippen LogP contribution < -0.4 is 0 Å². The molecule has 0 bridgehead atoms. The number of hydrogen-bond acceptors (Lipinski definition) is 3. The smallest absolute Gasteiger partial charge is 0.339 e. The van der Waals surface area contributed by atoms with Crippen molar-refractivity contribution in [3.05, 3.63) is 29.8 Å². The van der Waals surface area contributed by atoms with E-state index in [4.69, 9.17) is 4.74 Å². The summed E-state index contributed by atoms with van der Waals surface area (Å²) in [5, 5.41) is 0. The topological polar surface area (TPSA) is 26.3 Å². The normalized spacial score (nSPS) is 11.2. The highest BCUT2D eigenvalue weighted by atomic mass is 32.2. The van der Waals surface area contributed by atoms with Crippen LogP contribution in [0.2, 0.25) is 0 Å². The third-order valence-corrected chi connectivity index (χ3v) is 2.52. The monoisotopic (exact) mass is 224 g/mol. The van der Waals surface area contributed by atoms with E-state index >= 15 is 0 Å². The van der Waals surface area contributed by atoms with Gasteiger partial charge in [0.1, 0.15) is 5.60 Å². The van der Waals surface area contributed by atoms with Crippen molar-refractivity contribution in [2.45, 2.75) is 31.3 Å². The predicted octanol–water partition coefficient (Wildman–Crippen LogP) is 3.36. The third kappa shape index (κ3) is 3.59. The van der Waals surface area contributed by atoms with Crippen LogP contribution in [0.3, 0.4) is 0 Å². The van der Waals surface area contributed by atoms with Crippen molar-refractivity contribution in [3.8, 4) is 0 Å². The summed E-state index contributed by atoms with van der Waals surface area (Å²) >= 11 is 1.55. The number of benzene rings is 1. The van der Waals surface area contributed by atoms with Gasteiger partial charge in [0.15, 0.2) is 0 Å². The average Bonchev–Trinajstić information content (AvgIpc) is 2.15. The summed E-state index contributed by atoms with van der Waals surface area (Å²) in [6.45, 7) is 5.60. The van der Waals surface area contributed by atoms with Crippen molar-refractivity contribution < 1.29 is 9.53 Å². The Morgan fingerprint density at radius 1 is 1.27 bits per heavy atom. The fourth-order valence-corrected chi connectivity index (χ4v) is 1.73. The fourth-order valence-electron chi connectivity index (χ4n) is 1.15. The standard InChI is InChI=1S/C12H16O2S/c1-12(2,3)14-11(13)9-7-5-6-8-10(9)15-4/h5-8H,1-4H3. The van der Waals surface area contributed by atoms with Gasteiger partial charge in [-0.25, -0.2) is 4.79 Å². The Labute approximate surface area is 95.0 Å². The van der Waals surface area contributed by atoms with Crippen LogP contribution in [0, 0.1) is 0 Å². The summed E-state index contributed by atoms with van der Waals surface area (Å²) in [6.07, 6.45) is 1.95. The van der Waals surface area contributed by atoms with Gasteiger partial charge in [0.05, 0.1) is 5.56 Å². The lowest BCUT2D eigenvalue weighted by molar-refractivity contribution is 0.00656. The van der Waals surface area contributed by atoms with Gasteiger partial charge in [0, 0.05) is 4.90 Å². The van der Waals surface area contributed by atoms with E-state index in [1.165, 1.54) is 0 Å². The van der Waals surface area contributed by atoms with Crippen LogP contribution in [0.25, 0.3) is 0 Å². The molecule has 2 nitrogen and oxygen atoms in total. The van der Waals surface area contributed by atoms with Crippen molar-refractivity contribution in [1.29, 1.82) is 0 Å². The first kappa shape index (κ1) is 12.1. The minimum atomic E-state index is -0.442. The lowest BCUT2D eigenvalue weighted by Gasteiger charge is -2.20. The molecule has 0 heterocycles.